The van der Waals surface area contributed by atoms with E-state index in [0.717, 1.165) is 12.2 Å². The number of aromatic nitrogens is 4. The van der Waals surface area contributed by atoms with Crippen LogP contribution in [0.3, 0.4) is 0 Å². The molecule has 7 heteroatoms. The lowest BCUT2D eigenvalue weighted by molar-refractivity contribution is 0.579. The van der Waals surface area contributed by atoms with E-state index < -0.39 is 0 Å². The van der Waals surface area contributed by atoms with Crippen LogP contribution < -0.4 is 0 Å². The molecule has 1 aromatic carbocycles. The topological polar surface area (TPSA) is 43.6 Å². The first-order valence-corrected chi connectivity index (χ1v) is 8.39. The Kier molecular flexibility index (Phi) is 5.79. The van der Waals surface area contributed by atoms with Gasteiger partial charge >= 0.3 is 0 Å². The van der Waals surface area contributed by atoms with Crippen LogP contribution in [-0.4, -0.2) is 20.2 Å². The molecule has 2 rings (SSSR count). The third kappa shape index (κ3) is 4.40. The normalized spacial score (nSPS) is 10.4. The summed E-state index contributed by atoms with van der Waals surface area (Å²) >= 11 is 6.88. The largest absolute Gasteiger partial charge is 0.179 e. The number of tetrazole rings is 1. The molecule has 1 aromatic heterocycles. The van der Waals surface area contributed by atoms with Crippen LogP contribution in [0, 0.1) is 0 Å². The van der Waals surface area contributed by atoms with Crippen molar-refractivity contribution in [2.45, 2.75) is 13.0 Å². The van der Waals surface area contributed by atoms with Gasteiger partial charge in [-0.15, -0.1) is 10.2 Å². The summed E-state index contributed by atoms with van der Waals surface area (Å²) in [5, 5.41) is 12.5. The second-order valence-corrected chi connectivity index (χ2v) is 9.09. The zero-order valence-electron chi connectivity index (χ0n) is 9.22. The van der Waals surface area contributed by atoms with Gasteiger partial charge in [0.2, 0.25) is 0 Å². The highest BCUT2D eigenvalue weighted by molar-refractivity contribution is 14.2. The number of halogens is 3. The number of hydrogen-bond acceptors (Lipinski definition) is 3. The lowest BCUT2D eigenvalue weighted by Crippen LogP contribution is -2.03. The zero-order valence-corrected chi connectivity index (χ0v) is 15.7. The molecule has 0 saturated heterocycles. The fraction of sp³-hybridized carbons (Fsp3) is 0.182. The Morgan fingerprint density at radius 1 is 1.11 bits per heavy atom. The van der Waals surface area contributed by atoms with Crippen molar-refractivity contribution in [2.24, 2.45) is 0 Å². The molecule has 0 radical (unpaired) electrons. The molecular weight excluding hydrogens is 569 g/mol. The van der Waals surface area contributed by atoms with Crippen LogP contribution >= 0.6 is 67.8 Å². The second kappa shape index (κ2) is 7.12. The van der Waals surface area contributed by atoms with Crippen LogP contribution in [0.25, 0.3) is 0 Å². The highest BCUT2D eigenvalue weighted by atomic mass is 127. The van der Waals surface area contributed by atoms with Crippen LogP contribution in [0.2, 0.25) is 0 Å². The Morgan fingerprint density at radius 3 is 2.50 bits per heavy atom. The maximum Gasteiger partial charge on any atom is 0.179 e. The van der Waals surface area contributed by atoms with Crippen molar-refractivity contribution in [1.82, 2.24) is 20.2 Å². The number of rotatable bonds is 4. The van der Waals surface area contributed by atoms with E-state index in [-0.39, 0.29) is 0 Å². The average molecular weight is 578 g/mol. The van der Waals surface area contributed by atoms with Crippen LogP contribution in [0.1, 0.15) is 11.4 Å². The minimum atomic E-state index is 0.684. The molecule has 0 amide bonds. The molecule has 0 bridgehead atoms. The molecule has 18 heavy (non-hydrogen) atoms. The van der Waals surface area contributed by atoms with Gasteiger partial charge < -0.3 is 0 Å². The van der Waals surface area contributed by atoms with E-state index in [1.54, 1.807) is 4.80 Å². The molecule has 0 unspecified atom stereocenters. The Balaban J connectivity index is 2.05. The van der Waals surface area contributed by atoms with E-state index in [9.17, 15) is 0 Å². The van der Waals surface area contributed by atoms with E-state index in [1.165, 1.54) is 10.7 Å². The molecule has 0 aliphatic carbocycles. The highest BCUT2D eigenvalue weighted by Gasteiger charge is 2.06. The first-order valence-electron chi connectivity index (χ1n) is 5.15. The summed E-state index contributed by atoms with van der Waals surface area (Å²) in [7, 11) is 0. The Hall–Kier alpha value is 0.220. The molecule has 0 aliphatic heterocycles. The standard InChI is InChI=1S/C11H9I3N4/c12-9(11(13)14)7-18-16-10(15-17-18)6-8-4-2-1-3-5-8/h1-5H,6-7H2. The lowest BCUT2D eigenvalue weighted by atomic mass is 10.1. The minimum absolute atomic E-state index is 0.684. The Bertz CT molecular complexity index is 546. The van der Waals surface area contributed by atoms with Crippen molar-refractivity contribution < 1.29 is 0 Å². The molecular formula is C11H9I3N4. The Morgan fingerprint density at radius 2 is 1.83 bits per heavy atom. The minimum Gasteiger partial charge on any atom is -0.159 e. The van der Waals surface area contributed by atoms with Gasteiger partial charge in [-0.25, -0.2) is 0 Å². The highest BCUT2D eigenvalue weighted by Crippen LogP contribution is 2.25. The summed E-state index contributed by atoms with van der Waals surface area (Å²) in [5.74, 6) is 0.758. The van der Waals surface area contributed by atoms with Gasteiger partial charge in [0, 0.05) is 10.0 Å². The SMILES string of the molecule is IC(I)=C(I)Cn1nnc(Cc2ccccc2)n1. The molecule has 4 nitrogen and oxygen atoms in total. The summed E-state index contributed by atoms with van der Waals surface area (Å²) in [6, 6.07) is 10.2. The molecule has 0 atom stereocenters. The number of hydrogen-bond donors (Lipinski definition) is 0. The van der Waals surface area contributed by atoms with Crippen molar-refractivity contribution in [2.75, 3.05) is 0 Å². The zero-order chi connectivity index (χ0) is 13.0. The first kappa shape index (κ1) is 14.6. The fourth-order valence-electron chi connectivity index (χ4n) is 1.38. The van der Waals surface area contributed by atoms with E-state index >= 15 is 0 Å². The van der Waals surface area contributed by atoms with Gasteiger partial charge in [0.25, 0.3) is 0 Å². The molecule has 0 aliphatic rings. The summed E-state index contributed by atoms with van der Waals surface area (Å²) in [5.41, 5.74) is 1.20. The maximum absolute atomic E-state index is 4.38. The molecule has 0 N–H and O–H groups in total. The lowest BCUT2D eigenvalue weighted by Gasteiger charge is -1.98. The van der Waals surface area contributed by atoms with Crippen LogP contribution in [0.15, 0.2) is 35.5 Å². The van der Waals surface area contributed by atoms with E-state index in [1.807, 2.05) is 18.2 Å². The molecule has 0 spiro atoms. The van der Waals surface area contributed by atoms with Crippen molar-refractivity contribution in [3.63, 3.8) is 0 Å². The predicted molar refractivity (Wildman–Crippen MR) is 96.2 cm³/mol. The smallest absolute Gasteiger partial charge is 0.159 e. The molecule has 1 heterocycles. The van der Waals surface area contributed by atoms with Crippen LogP contribution in [-0.2, 0) is 13.0 Å². The predicted octanol–water partition coefficient (Wildman–Crippen LogP) is 3.74. The monoisotopic (exact) mass is 578 g/mol. The number of allylic oxidation sites excluding steroid dienone is 1. The van der Waals surface area contributed by atoms with E-state index in [4.69, 9.17) is 0 Å². The fourth-order valence-corrected chi connectivity index (χ4v) is 2.02. The first-order chi connectivity index (χ1) is 8.65. The second-order valence-electron chi connectivity index (χ2n) is 3.56. The van der Waals surface area contributed by atoms with Crippen LogP contribution in [0.4, 0.5) is 0 Å². The van der Waals surface area contributed by atoms with Crippen molar-refractivity contribution in [3.05, 3.63) is 46.9 Å². The van der Waals surface area contributed by atoms with Gasteiger partial charge in [-0.2, -0.15) is 4.80 Å². The summed E-state index contributed by atoms with van der Waals surface area (Å²) < 4.78 is 2.45. The van der Waals surface area contributed by atoms with Gasteiger partial charge in [-0.05, 0) is 78.5 Å². The van der Waals surface area contributed by atoms with Gasteiger partial charge in [-0.3, -0.25) is 0 Å². The maximum atomic E-state index is 4.38. The number of nitrogens with zero attached hydrogens (tertiary/aromatic N) is 4. The van der Waals surface area contributed by atoms with Crippen molar-refractivity contribution in [3.8, 4) is 0 Å². The third-order valence-corrected chi connectivity index (χ3v) is 6.43. The number of benzene rings is 1. The quantitative estimate of drug-likeness (QED) is 0.520. The summed E-state index contributed by atoms with van der Waals surface area (Å²) in [6.45, 7) is 0.684. The molecule has 0 saturated carbocycles. The third-order valence-electron chi connectivity index (χ3n) is 2.18. The van der Waals surface area contributed by atoms with Gasteiger partial charge in [0.05, 0.1) is 8.13 Å². The van der Waals surface area contributed by atoms with Crippen molar-refractivity contribution in [1.29, 1.82) is 0 Å². The van der Waals surface area contributed by atoms with E-state index in [2.05, 4.69) is 95.3 Å². The van der Waals surface area contributed by atoms with Gasteiger partial charge in [0.15, 0.2) is 5.82 Å². The average Bonchev–Trinajstić information content (AvgIpc) is 2.77. The summed E-state index contributed by atoms with van der Waals surface area (Å²) in [6.07, 6.45) is 0.725. The molecule has 94 valence electrons. The molecule has 2 aromatic rings. The van der Waals surface area contributed by atoms with E-state index in [0.29, 0.717) is 6.54 Å². The van der Waals surface area contributed by atoms with Gasteiger partial charge in [-0.1, -0.05) is 30.3 Å². The summed E-state index contributed by atoms with van der Waals surface area (Å²) in [4.78, 5) is 1.64. The van der Waals surface area contributed by atoms with Gasteiger partial charge in [0.1, 0.15) is 0 Å². The Labute approximate surface area is 146 Å². The van der Waals surface area contributed by atoms with Crippen molar-refractivity contribution >= 4 is 67.8 Å². The molecule has 0 fully saturated rings. The van der Waals surface area contributed by atoms with Crippen LogP contribution in [0.5, 0.6) is 0 Å².